The van der Waals surface area contributed by atoms with Gasteiger partial charge in [0.25, 0.3) is 0 Å². The Bertz CT molecular complexity index is 217. The zero-order valence-corrected chi connectivity index (χ0v) is 8.17. The number of rotatable bonds is 1. The topological polar surface area (TPSA) is 17.1 Å². The number of hydrogen-bond donors (Lipinski definition) is 0. The minimum Gasteiger partial charge on any atom is -0.300 e. The summed E-state index contributed by atoms with van der Waals surface area (Å²) in [6.07, 6.45) is 12.6. The molecule has 1 heteroatoms. The van der Waals surface area contributed by atoms with Crippen LogP contribution in [0.25, 0.3) is 0 Å². The molecule has 2 rings (SSSR count). The molecule has 13 heavy (non-hydrogen) atoms. The van der Waals surface area contributed by atoms with E-state index in [9.17, 15) is 4.79 Å². The molecule has 0 bridgehead atoms. The van der Waals surface area contributed by atoms with Crippen molar-refractivity contribution < 1.29 is 4.79 Å². The summed E-state index contributed by atoms with van der Waals surface area (Å²) in [7, 11) is 0. The van der Waals surface area contributed by atoms with Crippen LogP contribution in [-0.2, 0) is 4.79 Å². The molecule has 0 aliphatic heterocycles. The van der Waals surface area contributed by atoms with E-state index >= 15 is 0 Å². The molecule has 1 nitrogen and oxygen atoms in total. The van der Waals surface area contributed by atoms with Gasteiger partial charge in [-0.25, -0.2) is 0 Å². The van der Waals surface area contributed by atoms with Crippen LogP contribution in [0.1, 0.15) is 44.9 Å². The molecule has 0 aromatic rings. The molecule has 0 spiro atoms. The van der Waals surface area contributed by atoms with Crippen molar-refractivity contribution in [1.29, 1.82) is 0 Å². The molecule has 2 unspecified atom stereocenters. The van der Waals surface area contributed by atoms with Crippen LogP contribution in [0.5, 0.6) is 0 Å². The van der Waals surface area contributed by atoms with Crippen molar-refractivity contribution in [2.45, 2.75) is 44.9 Å². The van der Waals surface area contributed by atoms with Crippen molar-refractivity contribution in [3.63, 3.8) is 0 Å². The summed E-state index contributed by atoms with van der Waals surface area (Å²) >= 11 is 0. The first-order valence-electron chi connectivity index (χ1n) is 5.54. The van der Waals surface area contributed by atoms with Crippen molar-refractivity contribution in [1.82, 2.24) is 0 Å². The van der Waals surface area contributed by atoms with Gasteiger partial charge in [-0.05, 0) is 43.9 Å². The van der Waals surface area contributed by atoms with E-state index in [0.29, 0.717) is 11.7 Å². The van der Waals surface area contributed by atoms with Crippen LogP contribution in [0, 0.1) is 11.8 Å². The average Bonchev–Trinajstić information content (AvgIpc) is 2.19. The predicted molar refractivity (Wildman–Crippen MR) is 53.4 cm³/mol. The molecule has 0 saturated heterocycles. The van der Waals surface area contributed by atoms with Gasteiger partial charge in [-0.3, -0.25) is 4.79 Å². The highest BCUT2D eigenvalue weighted by Gasteiger charge is 2.26. The molecule has 0 aromatic carbocycles. The van der Waals surface area contributed by atoms with Crippen LogP contribution >= 0.6 is 0 Å². The predicted octanol–water partition coefficient (Wildman–Crippen LogP) is 3.10. The zero-order valence-electron chi connectivity index (χ0n) is 8.17. The summed E-state index contributed by atoms with van der Waals surface area (Å²) in [5.74, 6) is 1.89. The minimum absolute atomic E-state index is 0.496. The molecular formula is C12H18O. The smallest absolute Gasteiger partial charge is 0.133 e. The van der Waals surface area contributed by atoms with Crippen molar-refractivity contribution in [3.05, 3.63) is 12.2 Å². The fourth-order valence-corrected chi connectivity index (χ4v) is 2.65. The molecular weight excluding hydrogens is 160 g/mol. The van der Waals surface area contributed by atoms with E-state index in [1.807, 2.05) is 0 Å². The molecule has 0 heterocycles. The molecule has 2 atom stereocenters. The van der Waals surface area contributed by atoms with Gasteiger partial charge in [0.05, 0.1) is 0 Å². The highest BCUT2D eigenvalue weighted by Crippen LogP contribution is 2.33. The van der Waals surface area contributed by atoms with Crippen molar-refractivity contribution >= 4 is 5.78 Å². The summed E-state index contributed by atoms with van der Waals surface area (Å²) in [5.41, 5.74) is 0. The average molecular weight is 178 g/mol. The number of Topliss-reactive ketones (excluding diaryl/α,β-unsaturated/α-hetero) is 1. The quantitative estimate of drug-likeness (QED) is 0.564. The Balaban J connectivity index is 1.94. The molecule has 0 aromatic heterocycles. The Hall–Kier alpha value is -0.590. The number of hydrogen-bond acceptors (Lipinski definition) is 1. The number of carbonyl (C=O) groups excluding carboxylic acids is 1. The zero-order chi connectivity index (χ0) is 9.10. The standard InChI is InChI=1S/C12H18O/c13-12-8-4-7-11(9-12)10-5-2-1-3-6-10/h2,5,10-11H,1,3-4,6-9H2. The molecule has 2 aliphatic carbocycles. The third-order valence-corrected chi connectivity index (χ3v) is 3.42. The van der Waals surface area contributed by atoms with E-state index in [4.69, 9.17) is 0 Å². The largest absolute Gasteiger partial charge is 0.300 e. The summed E-state index contributed by atoms with van der Waals surface area (Å²) in [6.45, 7) is 0. The van der Waals surface area contributed by atoms with Gasteiger partial charge in [0.15, 0.2) is 0 Å². The normalized spacial score (nSPS) is 34.9. The van der Waals surface area contributed by atoms with Gasteiger partial charge in [-0.15, -0.1) is 0 Å². The van der Waals surface area contributed by atoms with Crippen molar-refractivity contribution in [3.8, 4) is 0 Å². The van der Waals surface area contributed by atoms with Crippen LogP contribution in [0.3, 0.4) is 0 Å². The lowest BCUT2D eigenvalue weighted by atomic mass is 9.76. The van der Waals surface area contributed by atoms with Gasteiger partial charge < -0.3 is 0 Å². The van der Waals surface area contributed by atoms with E-state index in [1.165, 1.54) is 25.7 Å². The first kappa shape index (κ1) is 8.98. The molecule has 72 valence electrons. The molecule has 1 saturated carbocycles. The Labute approximate surface area is 80.2 Å². The van der Waals surface area contributed by atoms with E-state index in [0.717, 1.165) is 25.2 Å². The summed E-state index contributed by atoms with van der Waals surface area (Å²) < 4.78 is 0. The van der Waals surface area contributed by atoms with Crippen LogP contribution in [0.4, 0.5) is 0 Å². The van der Waals surface area contributed by atoms with E-state index < -0.39 is 0 Å². The third-order valence-electron chi connectivity index (χ3n) is 3.42. The summed E-state index contributed by atoms with van der Waals surface area (Å²) in [5, 5.41) is 0. The van der Waals surface area contributed by atoms with Gasteiger partial charge in [-0.2, -0.15) is 0 Å². The van der Waals surface area contributed by atoms with Gasteiger partial charge in [0, 0.05) is 12.8 Å². The molecule has 0 radical (unpaired) electrons. The second-order valence-corrected chi connectivity index (χ2v) is 4.42. The Morgan fingerprint density at radius 3 is 2.85 bits per heavy atom. The lowest BCUT2D eigenvalue weighted by Gasteiger charge is -2.29. The van der Waals surface area contributed by atoms with Crippen LogP contribution in [-0.4, -0.2) is 5.78 Å². The maximum Gasteiger partial charge on any atom is 0.133 e. The lowest BCUT2D eigenvalue weighted by molar-refractivity contribution is -0.121. The maximum absolute atomic E-state index is 11.3. The Morgan fingerprint density at radius 1 is 1.23 bits per heavy atom. The number of allylic oxidation sites excluding steroid dienone is 2. The fraction of sp³-hybridized carbons (Fsp3) is 0.750. The molecule has 1 fully saturated rings. The summed E-state index contributed by atoms with van der Waals surface area (Å²) in [4.78, 5) is 11.3. The van der Waals surface area contributed by atoms with Crippen molar-refractivity contribution in [2.75, 3.05) is 0 Å². The lowest BCUT2D eigenvalue weighted by Crippen LogP contribution is -2.22. The van der Waals surface area contributed by atoms with E-state index in [-0.39, 0.29) is 0 Å². The highest BCUT2D eigenvalue weighted by molar-refractivity contribution is 5.79. The summed E-state index contributed by atoms with van der Waals surface area (Å²) in [6, 6.07) is 0. The van der Waals surface area contributed by atoms with Crippen LogP contribution < -0.4 is 0 Å². The monoisotopic (exact) mass is 178 g/mol. The number of carbonyl (C=O) groups is 1. The second-order valence-electron chi connectivity index (χ2n) is 4.42. The minimum atomic E-state index is 0.496. The second kappa shape index (κ2) is 4.08. The highest BCUT2D eigenvalue weighted by atomic mass is 16.1. The Kier molecular flexibility index (Phi) is 2.82. The first-order chi connectivity index (χ1) is 6.36. The van der Waals surface area contributed by atoms with Gasteiger partial charge in [-0.1, -0.05) is 12.2 Å². The van der Waals surface area contributed by atoms with Gasteiger partial charge >= 0.3 is 0 Å². The number of ketones is 1. The van der Waals surface area contributed by atoms with E-state index in [1.54, 1.807) is 0 Å². The van der Waals surface area contributed by atoms with Crippen LogP contribution in [0.2, 0.25) is 0 Å². The molecule has 0 N–H and O–H groups in total. The SMILES string of the molecule is O=C1CCCC(C2C=CCCC2)C1. The molecule has 0 amide bonds. The van der Waals surface area contributed by atoms with Gasteiger partial charge in [0.1, 0.15) is 5.78 Å². The van der Waals surface area contributed by atoms with Gasteiger partial charge in [0.2, 0.25) is 0 Å². The maximum atomic E-state index is 11.3. The fourth-order valence-electron chi connectivity index (χ4n) is 2.65. The van der Waals surface area contributed by atoms with Crippen LogP contribution in [0.15, 0.2) is 12.2 Å². The van der Waals surface area contributed by atoms with Crippen molar-refractivity contribution in [2.24, 2.45) is 11.8 Å². The van der Waals surface area contributed by atoms with E-state index in [2.05, 4.69) is 12.2 Å². The molecule has 2 aliphatic rings. The Morgan fingerprint density at radius 2 is 2.15 bits per heavy atom. The first-order valence-corrected chi connectivity index (χ1v) is 5.54. The third kappa shape index (κ3) is 2.20.